The Hall–Kier alpha value is -1.18. The molecule has 0 aliphatic carbocycles. The number of carbonyl (C=O) groups is 2. The van der Waals surface area contributed by atoms with Crippen LogP contribution in [0.15, 0.2) is 0 Å². The van der Waals surface area contributed by atoms with E-state index in [2.05, 4.69) is 4.90 Å². The van der Waals surface area contributed by atoms with E-state index in [0.29, 0.717) is 0 Å². The quantitative estimate of drug-likeness (QED) is 0.513. The molecule has 2 atom stereocenters. The van der Waals surface area contributed by atoms with Crippen LogP contribution in [0.3, 0.4) is 0 Å². The monoisotopic (exact) mass is 261 g/mol. The first-order valence-corrected chi connectivity index (χ1v) is 5.96. The van der Waals surface area contributed by atoms with E-state index in [1.165, 1.54) is 38.9 Å². The zero-order valence-corrected chi connectivity index (χ0v) is 10.0. The summed E-state index contributed by atoms with van der Waals surface area (Å²) < 4.78 is 0. The number of carboxylic acid groups (broad SMARTS) is 2. The predicted molar refractivity (Wildman–Crippen MR) is 61.1 cm³/mol. The van der Waals surface area contributed by atoms with E-state index in [9.17, 15) is 9.59 Å². The average Bonchev–Trinajstić information content (AvgIpc) is 2.39. The lowest BCUT2D eigenvalue weighted by Gasteiger charge is -2.38. The van der Waals surface area contributed by atoms with E-state index in [1.807, 2.05) is 0 Å². The SMILES string of the molecule is C1CN2CCC1CC2.O=C(O)C(O)C(O)C(=O)O. The van der Waals surface area contributed by atoms with Crippen molar-refractivity contribution in [3.05, 3.63) is 0 Å². The van der Waals surface area contributed by atoms with Gasteiger partial charge in [0.25, 0.3) is 0 Å². The van der Waals surface area contributed by atoms with Crippen molar-refractivity contribution in [3.8, 4) is 0 Å². The van der Waals surface area contributed by atoms with Crippen LogP contribution in [0.2, 0.25) is 0 Å². The van der Waals surface area contributed by atoms with Gasteiger partial charge in [0.05, 0.1) is 0 Å². The van der Waals surface area contributed by atoms with Crippen molar-refractivity contribution in [3.63, 3.8) is 0 Å². The summed E-state index contributed by atoms with van der Waals surface area (Å²) in [5.74, 6) is -2.43. The Morgan fingerprint density at radius 1 is 0.889 bits per heavy atom. The summed E-state index contributed by atoms with van der Waals surface area (Å²) in [6, 6.07) is 0. The Kier molecular flexibility index (Phi) is 5.52. The minimum absolute atomic E-state index is 1.11. The van der Waals surface area contributed by atoms with Crippen LogP contribution < -0.4 is 0 Å². The van der Waals surface area contributed by atoms with Gasteiger partial charge in [-0.3, -0.25) is 0 Å². The summed E-state index contributed by atoms with van der Waals surface area (Å²) in [5, 5.41) is 32.5. The lowest BCUT2D eigenvalue weighted by Crippen LogP contribution is -2.41. The lowest BCUT2D eigenvalue weighted by molar-refractivity contribution is -0.165. The Labute approximate surface area is 105 Å². The highest BCUT2D eigenvalue weighted by Crippen LogP contribution is 2.26. The fourth-order valence-corrected chi connectivity index (χ4v) is 2.13. The van der Waals surface area contributed by atoms with E-state index in [4.69, 9.17) is 20.4 Å². The minimum atomic E-state index is -2.27. The van der Waals surface area contributed by atoms with Crippen LogP contribution >= 0.6 is 0 Å². The molecule has 2 unspecified atom stereocenters. The van der Waals surface area contributed by atoms with E-state index < -0.39 is 24.1 Å². The van der Waals surface area contributed by atoms with Crippen molar-refractivity contribution in [1.29, 1.82) is 0 Å². The topological polar surface area (TPSA) is 118 Å². The Morgan fingerprint density at radius 2 is 1.22 bits per heavy atom. The second-order valence-electron chi connectivity index (χ2n) is 4.64. The number of aliphatic hydroxyl groups excluding tert-OH is 2. The molecule has 4 N–H and O–H groups in total. The van der Waals surface area contributed by atoms with Crippen LogP contribution in [0, 0.1) is 5.92 Å². The molecule has 7 heteroatoms. The molecule has 0 amide bonds. The maximum atomic E-state index is 9.77. The van der Waals surface area contributed by atoms with Crippen LogP contribution in [-0.2, 0) is 9.59 Å². The highest BCUT2D eigenvalue weighted by Gasteiger charge is 2.29. The summed E-state index contributed by atoms with van der Waals surface area (Å²) in [4.78, 5) is 22.1. The van der Waals surface area contributed by atoms with Crippen molar-refractivity contribution in [1.82, 2.24) is 4.90 Å². The number of hydrogen-bond donors (Lipinski definition) is 4. The molecule has 0 aromatic heterocycles. The molecule has 0 saturated carbocycles. The third kappa shape index (κ3) is 4.25. The van der Waals surface area contributed by atoms with Crippen molar-refractivity contribution in [2.45, 2.75) is 31.5 Å². The number of nitrogens with zero attached hydrogens (tertiary/aromatic N) is 1. The normalized spacial score (nSPS) is 28.8. The van der Waals surface area contributed by atoms with Crippen LogP contribution in [0.25, 0.3) is 0 Å². The van der Waals surface area contributed by atoms with Gasteiger partial charge in [-0.2, -0.15) is 0 Å². The predicted octanol–water partition coefficient (Wildman–Crippen LogP) is -1.02. The number of rotatable bonds is 3. The molecule has 0 spiro atoms. The third-order valence-electron chi connectivity index (χ3n) is 3.37. The summed E-state index contributed by atoms with van der Waals surface area (Å²) in [7, 11) is 0. The largest absolute Gasteiger partial charge is 0.479 e. The van der Waals surface area contributed by atoms with E-state index in [-0.39, 0.29) is 0 Å². The Bertz CT molecular complexity index is 259. The molecule has 104 valence electrons. The van der Waals surface area contributed by atoms with E-state index in [1.54, 1.807) is 0 Å². The molecule has 0 aromatic rings. The van der Waals surface area contributed by atoms with Gasteiger partial charge in [-0.25, -0.2) is 9.59 Å². The van der Waals surface area contributed by atoms with Gasteiger partial charge in [0.1, 0.15) is 0 Å². The van der Waals surface area contributed by atoms with Crippen LogP contribution in [-0.4, -0.2) is 69.1 Å². The average molecular weight is 261 g/mol. The van der Waals surface area contributed by atoms with Gasteiger partial charge in [-0.15, -0.1) is 0 Å². The van der Waals surface area contributed by atoms with Crippen molar-refractivity contribution < 1.29 is 30.0 Å². The van der Waals surface area contributed by atoms with Crippen molar-refractivity contribution >= 4 is 11.9 Å². The maximum Gasteiger partial charge on any atom is 0.335 e. The van der Waals surface area contributed by atoms with Gasteiger partial charge in [0.2, 0.25) is 0 Å². The molecule has 3 fully saturated rings. The summed E-state index contributed by atoms with van der Waals surface area (Å²) in [5.41, 5.74) is 0. The molecule has 18 heavy (non-hydrogen) atoms. The number of carboxylic acids is 2. The zero-order valence-electron chi connectivity index (χ0n) is 10.0. The highest BCUT2D eigenvalue weighted by molar-refractivity contribution is 5.83. The first kappa shape index (κ1) is 14.9. The highest BCUT2D eigenvalue weighted by atomic mass is 16.4. The summed E-state index contributed by atoms with van der Waals surface area (Å²) >= 11 is 0. The van der Waals surface area contributed by atoms with Crippen LogP contribution in [0.1, 0.15) is 19.3 Å². The second kappa shape index (κ2) is 6.67. The molecule has 3 rings (SSSR count). The Morgan fingerprint density at radius 3 is 1.33 bits per heavy atom. The van der Waals surface area contributed by atoms with Crippen molar-refractivity contribution in [2.24, 2.45) is 5.92 Å². The molecule has 2 bridgehead atoms. The molecule has 3 aliphatic rings. The van der Waals surface area contributed by atoms with Crippen molar-refractivity contribution in [2.75, 3.05) is 19.6 Å². The first-order valence-electron chi connectivity index (χ1n) is 5.96. The fraction of sp³-hybridized carbons (Fsp3) is 0.818. The lowest BCUT2D eigenvalue weighted by atomic mass is 9.89. The molecular weight excluding hydrogens is 242 g/mol. The number of aliphatic carboxylic acids is 2. The maximum absolute atomic E-state index is 9.77. The van der Waals surface area contributed by atoms with Gasteiger partial charge >= 0.3 is 11.9 Å². The number of hydrogen-bond acceptors (Lipinski definition) is 5. The van der Waals surface area contributed by atoms with Crippen LogP contribution in [0.4, 0.5) is 0 Å². The van der Waals surface area contributed by atoms with Gasteiger partial charge in [0, 0.05) is 0 Å². The molecular formula is C11H19NO6. The van der Waals surface area contributed by atoms with Gasteiger partial charge in [-0.1, -0.05) is 0 Å². The second-order valence-corrected chi connectivity index (χ2v) is 4.64. The smallest absolute Gasteiger partial charge is 0.335 e. The molecule has 3 heterocycles. The van der Waals surface area contributed by atoms with Crippen LogP contribution in [0.5, 0.6) is 0 Å². The molecule has 0 aromatic carbocycles. The number of piperidine rings is 3. The zero-order chi connectivity index (χ0) is 13.7. The summed E-state index contributed by atoms with van der Waals surface area (Å²) in [6.07, 6.45) is -0.0741. The first-order chi connectivity index (χ1) is 8.41. The number of fused-ring (bicyclic) bond motifs is 3. The third-order valence-corrected chi connectivity index (χ3v) is 3.37. The van der Waals surface area contributed by atoms with E-state index in [0.717, 1.165) is 5.92 Å². The fourth-order valence-electron chi connectivity index (χ4n) is 2.13. The summed E-state index contributed by atoms with van der Waals surface area (Å²) in [6.45, 7) is 4.18. The number of aliphatic hydroxyl groups is 2. The molecule has 7 nitrogen and oxygen atoms in total. The molecule has 3 saturated heterocycles. The van der Waals surface area contributed by atoms with Gasteiger partial charge in [-0.05, 0) is 44.8 Å². The Balaban J connectivity index is 0.000000182. The minimum Gasteiger partial charge on any atom is -0.479 e. The molecule has 3 aliphatic heterocycles. The van der Waals surface area contributed by atoms with Gasteiger partial charge in [0.15, 0.2) is 12.2 Å². The van der Waals surface area contributed by atoms with E-state index >= 15 is 0 Å². The molecule has 0 radical (unpaired) electrons. The van der Waals surface area contributed by atoms with Gasteiger partial charge < -0.3 is 25.3 Å². The standard InChI is InChI=1S/C7H13N.C4H6O6/c1-4-8-5-2-7(1)3-6-8;5-1(3(7)8)2(6)4(9)10/h7H,1-6H2;1-2,5-6H,(H,7,8)(H,9,10).